The second-order valence-electron chi connectivity index (χ2n) is 12.9. The highest BCUT2D eigenvalue weighted by molar-refractivity contribution is 5.77. The lowest BCUT2D eigenvalue weighted by molar-refractivity contribution is 0.694. The fourth-order valence-corrected chi connectivity index (χ4v) is 6.89. The first-order valence-electron chi connectivity index (χ1n) is 17.3. The zero-order chi connectivity index (χ0) is 35.3. The lowest BCUT2D eigenvalue weighted by atomic mass is 9.68. The Morgan fingerprint density at radius 2 is 0.769 bits per heavy atom. The molecule has 1 heterocycles. The van der Waals surface area contributed by atoms with Crippen molar-refractivity contribution in [1.29, 1.82) is 5.26 Å². The van der Waals surface area contributed by atoms with E-state index in [9.17, 15) is 5.26 Å². The summed E-state index contributed by atoms with van der Waals surface area (Å²) in [5.41, 5.74) is 10.7. The van der Waals surface area contributed by atoms with Gasteiger partial charge < -0.3 is 0 Å². The Morgan fingerprint density at radius 1 is 0.404 bits per heavy atom. The van der Waals surface area contributed by atoms with Crippen molar-refractivity contribution in [2.45, 2.75) is 12.3 Å². The first kappa shape index (κ1) is 32.3. The van der Waals surface area contributed by atoms with Gasteiger partial charge in [0.25, 0.3) is 0 Å². The monoisotopic (exact) mass is 666 g/mol. The molecule has 1 aromatic heterocycles. The van der Waals surface area contributed by atoms with E-state index >= 15 is 0 Å². The molecule has 0 aliphatic heterocycles. The molecule has 4 heteroatoms. The lowest BCUT2D eigenvalue weighted by Crippen LogP contribution is -2.26. The summed E-state index contributed by atoms with van der Waals surface area (Å²) in [5.74, 6) is 1.91. The number of aromatic nitrogens is 3. The van der Waals surface area contributed by atoms with E-state index in [2.05, 4.69) is 122 Å². The second-order valence-corrected chi connectivity index (χ2v) is 12.9. The molecule has 0 aliphatic rings. The molecule has 0 bridgehead atoms. The summed E-state index contributed by atoms with van der Waals surface area (Å²) >= 11 is 0. The van der Waals surface area contributed by atoms with Crippen LogP contribution in [0, 0.1) is 11.3 Å². The molecule has 8 aromatic rings. The van der Waals surface area contributed by atoms with Crippen LogP contribution in [-0.2, 0) is 5.41 Å². The topological polar surface area (TPSA) is 62.5 Å². The third-order valence-electron chi connectivity index (χ3n) is 9.76. The SMILES string of the molecule is CC(c1ccccc1)(c1ccccc1)c1cc(C#N)ccc1-c1ccc(-c2ccc(-c3nc(-c4ccccc4)nc(-c4ccccc4)n3)cc2)cc1. The largest absolute Gasteiger partial charge is 0.208 e. The Balaban J connectivity index is 1.15. The average molecular weight is 667 g/mol. The third kappa shape index (κ3) is 6.28. The van der Waals surface area contributed by atoms with Crippen LogP contribution in [0.4, 0.5) is 0 Å². The summed E-state index contributed by atoms with van der Waals surface area (Å²) in [7, 11) is 0. The first-order chi connectivity index (χ1) is 25.6. The molecule has 52 heavy (non-hydrogen) atoms. The van der Waals surface area contributed by atoms with Crippen LogP contribution in [0.25, 0.3) is 56.4 Å². The third-order valence-corrected chi connectivity index (χ3v) is 9.76. The number of rotatable bonds is 8. The quantitative estimate of drug-likeness (QED) is 0.151. The van der Waals surface area contributed by atoms with Gasteiger partial charge in [-0.25, -0.2) is 15.0 Å². The fourth-order valence-electron chi connectivity index (χ4n) is 6.89. The predicted octanol–water partition coefficient (Wildman–Crippen LogP) is 11.4. The molecule has 8 rings (SSSR count). The molecule has 0 atom stereocenters. The Labute approximate surface area is 304 Å². The Hall–Kier alpha value is -6.96. The molecule has 0 N–H and O–H groups in total. The van der Waals surface area contributed by atoms with Crippen molar-refractivity contribution >= 4 is 0 Å². The molecule has 0 radical (unpaired) electrons. The molecule has 246 valence electrons. The van der Waals surface area contributed by atoms with Crippen molar-refractivity contribution in [3.05, 3.63) is 210 Å². The van der Waals surface area contributed by atoms with Gasteiger partial charge in [-0.1, -0.05) is 176 Å². The molecule has 4 nitrogen and oxygen atoms in total. The maximum atomic E-state index is 9.96. The number of hydrogen-bond acceptors (Lipinski definition) is 4. The summed E-state index contributed by atoms with van der Waals surface area (Å²) < 4.78 is 0. The summed E-state index contributed by atoms with van der Waals surface area (Å²) in [6, 6.07) is 66.6. The molecule has 0 saturated carbocycles. The van der Waals surface area contributed by atoms with E-state index in [1.54, 1.807) is 0 Å². The van der Waals surface area contributed by atoms with Crippen LogP contribution >= 0.6 is 0 Å². The van der Waals surface area contributed by atoms with Gasteiger partial charge in [0.05, 0.1) is 11.6 Å². The van der Waals surface area contributed by atoms with Gasteiger partial charge in [0.15, 0.2) is 17.5 Å². The van der Waals surface area contributed by atoms with Crippen molar-refractivity contribution in [3.8, 4) is 62.5 Å². The van der Waals surface area contributed by atoms with E-state index < -0.39 is 5.41 Å². The van der Waals surface area contributed by atoms with Crippen molar-refractivity contribution in [2.75, 3.05) is 0 Å². The van der Waals surface area contributed by atoms with Crippen LogP contribution in [0.5, 0.6) is 0 Å². The molecule has 0 amide bonds. The van der Waals surface area contributed by atoms with Gasteiger partial charge in [-0.05, 0) is 58.0 Å². The Kier molecular flexibility index (Phi) is 8.75. The van der Waals surface area contributed by atoms with Crippen LogP contribution in [0.1, 0.15) is 29.2 Å². The Morgan fingerprint density at radius 3 is 1.19 bits per heavy atom. The maximum Gasteiger partial charge on any atom is 0.164 e. The van der Waals surface area contributed by atoms with Gasteiger partial charge in [0, 0.05) is 22.1 Å². The highest BCUT2D eigenvalue weighted by Gasteiger charge is 2.33. The minimum Gasteiger partial charge on any atom is -0.208 e. The minimum atomic E-state index is -0.491. The summed E-state index contributed by atoms with van der Waals surface area (Å²) in [6.07, 6.45) is 0. The van der Waals surface area contributed by atoms with Crippen molar-refractivity contribution in [1.82, 2.24) is 15.0 Å². The fraction of sp³-hybridized carbons (Fsp3) is 0.0417. The number of hydrogen-bond donors (Lipinski definition) is 0. The molecular weight excluding hydrogens is 633 g/mol. The lowest BCUT2D eigenvalue weighted by Gasteiger charge is -2.34. The molecule has 0 spiro atoms. The van der Waals surface area contributed by atoms with Gasteiger partial charge in [0.2, 0.25) is 0 Å². The van der Waals surface area contributed by atoms with E-state index in [1.165, 1.54) is 11.1 Å². The molecule has 7 aromatic carbocycles. The zero-order valence-corrected chi connectivity index (χ0v) is 28.7. The summed E-state index contributed by atoms with van der Waals surface area (Å²) in [6.45, 7) is 2.26. The van der Waals surface area contributed by atoms with Gasteiger partial charge >= 0.3 is 0 Å². The van der Waals surface area contributed by atoms with Crippen molar-refractivity contribution in [3.63, 3.8) is 0 Å². The Bertz CT molecular complexity index is 2390. The van der Waals surface area contributed by atoms with E-state index in [0.29, 0.717) is 23.0 Å². The highest BCUT2D eigenvalue weighted by atomic mass is 15.0. The number of nitrogens with zero attached hydrogens (tertiary/aromatic N) is 4. The van der Waals surface area contributed by atoms with E-state index in [1.807, 2.05) is 78.9 Å². The van der Waals surface area contributed by atoms with Gasteiger partial charge in [-0.2, -0.15) is 5.26 Å². The second kappa shape index (κ2) is 14.1. The van der Waals surface area contributed by atoms with Crippen LogP contribution in [0.2, 0.25) is 0 Å². The van der Waals surface area contributed by atoms with Crippen molar-refractivity contribution < 1.29 is 0 Å². The predicted molar refractivity (Wildman–Crippen MR) is 210 cm³/mol. The smallest absolute Gasteiger partial charge is 0.164 e. The molecule has 0 aliphatic carbocycles. The van der Waals surface area contributed by atoms with E-state index in [0.717, 1.165) is 44.5 Å². The normalized spacial score (nSPS) is 11.2. The minimum absolute atomic E-state index is 0.491. The van der Waals surface area contributed by atoms with Crippen LogP contribution in [0.3, 0.4) is 0 Å². The van der Waals surface area contributed by atoms with Crippen LogP contribution in [0.15, 0.2) is 188 Å². The van der Waals surface area contributed by atoms with E-state index in [-0.39, 0.29) is 0 Å². The first-order valence-corrected chi connectivity index (χ1v) is 17.3. The van der Waals surface area contributed by atoms with Gasteiger partial charge in [-0.15, -0.1) is 0 Å². The van der Waals surface area contributed by atoms with E-state index in [4.69, 9.17) is 15.0 Å². The number of benzene rings is 7. The van der Waals surface area contributed by atoms with Crippen LogP contribution in [-0.4, -0.2) is 15.0 Å². The summed E-state index contributed by atoms with van der Waals surface area (Å²) in [4.78, 5) is 14.6. The molecule has 0 fully saturated rings. The van der Waals surface area contributed by atoms with Gasteiger partial charge in [-0.3, -0.25) is 0 Å². The van der Waals surface area contributed by atoms with Gasteiger partial charge in [0.1, 0.15) is 0 Å². The number of nitriles is 1. The van der Waals surface area contributed by atoms with Crippen LogP contribution < -0.4 is 0 Å². The van der Waals surface area contributed by atoms with Crippen molar-refractivity contribution in [2.24, 2.45) is 0 Å². The maximum absolute atomic E-state index is 9.96. The average Bonchev–Trinajstić information content (AvgIpc) is 3.24. The summed E-state index contributed by atoms with van der Waals surface area (Å²) in [5, 5.41) is 9.96. The molecule has 0 unspecified atom stereocenters. The molecule has 0 saturated heterocycles. The highest BCUT2D eigenvalue weighted by Crippen LogP contribution is 2.44. The molecular formula is C48H34N4. The zero-order valence-electron chi connectivity index (χ0n) is 28.7. The standard InChI is InChI=1S/C48H34N4/c1-48(41-18-10-4-11-19-41,42-20-12-5-13-21-42)44-32-34(33-49)22-31-43(44)37-27-23-35(24-28-37)36-25-29-40(30-26-36)47-51-45(38-14-6-2-7-15-38)50-46(52-47)39-16-8-3-9-17-39/h2-32H,1H3.